The van der Waals surface area contributed by atoms with Crippen molar-refractivity contribution in [1.82, 2.24) is 51.7 Å². The topological polar surface area (TPSA) is 333 Å². The van der Waals surface area contributed by atoms with Crippen LogP contribution >= 0.6 is 0 Å². The second-order valence-corrected chi connectivity index (χ2v) is 23.4. The van der Waals surface area contributed by atoms with Crippen LogP contribution in [0.15, 0.2) is 58.9 Å². The van der Waals surface area contributed by atoms with E-state index >= 15 is 4.39 Å². The lowest BCUT2D eigenvalue weighted by atomic mass is 9.74. The molecule has 480 valence electrons. The van der Waals surface area contributed by atoms with Crippen LogP contribution in [-0.4, -0.2) is 168 Å². The number of pyridine rings is 2. The first-order valence-corrected chi connectivity index (χ1v) is 28.9. The van der Waals surface area contributed by atoms with Gasteiger partial charge in [0.25, 0.3) is 23.3 Å². The van der Waals surface area contributed by atoms with E-state index < -0.39 is 145 Å². The van der Waals surface area contributed by atoms with Crippen LogP contribution in [0.3, 0.4) is 0 Å². The maximum atomic E-state index is 15.6. The monoisotopic (exact) mass is 1250 g/mol. The number of ether oxygens (including phenoxy) is 4. The molecule has 3 aliphatic heterocycles. The molecule has 5 aliphatic rings. The van der Waals surface area contributed by atoms with Gasteiger partial charge in [0.05, 0.1) is 72.7 Å². The summed E-state index contributed by atoms with van der Waals surface area (Å²) in [7, 11) is 1.57. The number of hydrogen-bond donors (Lipinski definition) is 8. The molecular weight excluding hydrogens is 1180 g/mol. The number of rotatable bonds is 27. The number of carbonyl (C=O) groups excluding carboxylic acids is 9. The predicted molar refractivity (Wildman–Crippen MR) is 307 cm³/mol. The number of aliphatic hydroxyl groups is 1. The van der Waals surface area contributed by atoms with Gasteiger partial charge in [0.1, 0.15) is 31.6 Å². The fourth-order valence-electron chi connectivity index (χ4n) is 11.1. The first-order chi connectivity index (χ1) is 42.0. The van der Waals surface area contributed by atoms with Crippen LogP contribution in [0.4, 0.5) is 17.6 Å². The molecule has 0 saturated carbocycles. The highest BCUT2D eigenvalue weighted by Gasteiger charge is 2.50. The predicted octanol–water partition coefficient (Wildman–Crippen LogP) is 1.14. The van der Waals surface area contributed by atoms with Crippen LogP contribution in [0.2, 0.25) is 0 Å². The Labute approximate surface area is 508 Å². The van der Waals surface area contributed by atoms with Crippen molar-refractivity contribution >= 4 is 58.8 Å². The molecule has 2 aliphatic carbocycles. The maximum Gasteiger partial charge on any atom is 0.423 e. The van der Waals surface area contributed by atoms with Crippen LogP contribution < -0.4 is 42.8 Å². The molecular formula is C60H72F4N10O15. The number of amides is 8. The highest BCUT2D eigenvalue weighted by Crippen LogP contribution is 2.50. The Balaban J connectivity index is 0.853. The third kappa shape index (κ3) is 15.1. The van der Waals surface area contributed by atoms with E-state index in [4.69, 9.17) is 23.9 Å². The lowest BCUT2D eigenvalue weighted by Gasteiger charge is -2.36. The molecule has 89 heavy (non-hydrogen) atoms. The second kappa shape index (κ2) is 27.2. The van der Waals surface area contributed by atoms with Gasteiger partial charge in [-0.05, 0) is 95.2 Å². The SMILES string of the molecule is CC[C@@]1(O)C(=O)OCc2c1cc1n(c2=O)Cc2c-1nc1c3c2[C@@H](NC(=O)[C@H](OCNC(=O)CNC(=O)[C@H](Cc2ccccc2)NC(=O)CNC(=O)CNC(=O)[C@H](CNCCC(C)(C)OCC(C)(C)OC)N2C(=O)C=CC2=O)C(F)(F)F)CCC3=C(C)C(F)C1. The molecule has 0 radical (unpaired) electrons. The number of hydrogen-bond acceptors (Lipinski definition) is 17. The summed E-state index contributed by atoms with van der Waals surface area (Å²) < 4.78 is 82.7. The number of nitrogens with zero attached hydrogens (tertiary/aromatic N) is 3. The van der Waals surface area contributed by atoms with Crippen molar-refractivity contribution in [2.75, 3.05) is 53.2 Å². The Hall–Kier alpha value is -8.25. The van der Waals surface area contributed by atoms with Crippen molar-refractivity contribution in [1.29, 1.82) is 0 Å². The molecule has 0 saturated heterocycles. The molecule has 6 atom stereocenters. The number of nitrogens with one attached hydrogen (secondary N) is 7. The van der Waals surface area contributed by atoms with E-state index in [0.717, 1.165) is 17.1 Å². The molecule has 8 amide bonds. The van der Waals surface area contributed by atoms with Crippen LogP contribution in [0.25, 0.3) is 17.0 Å². The van der Waals surface area contributed by atoms with E-state index in [2.05, 4.69) is 37.2 Å². The number of alkyl halides is 4. The first kappa shape index (κ1) is 66.7. The van der Waals surface area contributed by atoms with Crippen LogP contribution in [-0.2, 0) is 93.7 Å². The molecule has 8 rings (SSSR count). The third-order valence-corrected chi connectivity index (χ3v) is 16.3. The number of methoxy groups -OCH3 is 1. The van der Waals surface area contributed by atoms with Crippen molar-refractivity contribution < 1.29 is 84.8 Å². The Morgan fingerprint density at radius 3 is 2.20 bits per heavy atom. The highest BCUT2D eigenvalue weighted by molar-refractivity contribution is 6.15. The van der Waals surface area contributed by atoms with E-state index in [-0.39, 0.29) is 73.4 Å². The van der Waals surface area contributed by atoms with E-state index in [1.165, 1.54) is 17.6 Å². The van der Waals surface area contributed by atoms with Gasteiger partial charge in [0.15, 0.2) is 5.60 Å². The molecule has 8 N–H and O–H groups in total. The van der Waals surface area contributed by atoms with Crippen molar-refractivity contribution in [3.63, 3.8) is 0 Å². The molecule has 0 bridgehead atoms. The zero-order valence-corrected chi connectivity index (χ0v) is 50.1. The highest BCUT2D eigenvalue weighted by atomic mass is 19.4. The largest absolute Gasteiger partial charge is 0.458 e. The number of aromatic nitrogens is 2. The van der Waals surface area contributed by atoms with Gasteiger partial charge in [-0.25, -0.2) is 9.18 Å². The normalized spacial score (nSPS) is 19.5. The molecule has 5 heterocycles. The lowest BCUT2D eigenvalue weighted by molar-refractivity contribution is -0.220. The zero-order valence-electron chi connectivity index (χ0n) is 50.1. The number of imide groups is 1. The summed E-state index contributed by atoms with van der Waals surface area (Å²) in [6.07, 6.45) is -7.88. The van der Waals surface area contributed by atoms with Gasteiger partial charge in [-0.3, -0.25) is 53.0 Å². The number of carbonyl (C=O) groups is 9. The number of benzene rings is 1. The molecule has 25 nitrogen and oxygen atoms in total. The fourth-order valence-corrected chi connectivity index (χ4v) is 11.1. The molecule has 2 aromatic heterocycles. The minimum atomic E-state index is -5.35. The summed E-state index contributed by atoms with van der Waals surface area (Å²) >= 11 is 0. The van der Waals surface area contributed by atoms with Crippen LogP contribution in [0.5, 0.6) is 0 Å². The van der Waals surface area contributed by atoms with E-state index in [0.29, 0.717) is 53.0 Å². The quantitative estimate of drug-likeness (QED) is 0.0136. The summed E-state index contributed by atoms with van der Waals surface area (Å²) in [5.74, 6) is -8.72. The Morgan fingerprint density at radius 2 is 1.54 bits per heavy atom. The van der Waals surface area contributed by atoms with E-state index in [1.54, 1.807) is 44.4 Å². The summed E-state index contributed by atoms with van der Waals surface area (Å²) in [4.78, 5) is 138. The Morgan fingerprint density at radius 1 is 0.876 bits per heavy atom. The fraction of sp³-hybridized carbons (Fsp3) is 0.517. The van der Waals surface area contributed by atoms with E-state index in [9.17, 15) is 66.2 Å². The molecule has 1 aromatic carbocycles. The second-order valence-electron chi connectivity index (χ2n) is 23.4. The van der Waals surface area contributed by atoms with Crippen molar-refractivity contribution in [3.8, 4) is 11.4 Å². The number of esters is 1. The van der Waals surface area contributed by atoms with Gasteiger partial charge >= 0.3 is 12.1 Å². The Bertz CT molecular complexity index is 3420. The smallest absolute Gasteiger partial charge is 0.423 e. The van der Waals surface area contributed by atoms with Crippen molar-refractivity contribution in [2.45, 2.75) is 147 Å². The van der Waals surface area contributed by atoms with Gasteiger partial charge in [0.2, 0.25) is 35.6 Å². The van der Waals surface area contributed by atoms with Gasteiger partial charge in [0, 0.05) is 55.3 Å². The van der Waals surface area contributed by atoms with Crippen LogP contribution in [0, 0.1) is 0 Å². The molecule has 0 spiro atoms. The standard InChI is InChI=1S/C60H72F4N10O15/c1-8-59(85)36-21-41-50-34(27-73(41)55(83)35(36)28-87-56(59)84)49-38(15-14-33-31(2)37(61)22-39(71-50)48(33)49)72-54(82)51(60(62,63)64)88-30-69-44(76)25-67-52(80)40(20-32-12-10-9-11-13-32)70-45(77)26-66-43(75)24-68-53(81)42(74-46(78)16-17-47(74)79)23-65-19-18-57(3,4)89-29-58(5,6)86-7/h9-13,16-17,21,37-38,40,42,51,65,85H,8,14-15,18-20,22-30H2,1-7H3,(H,66,75)(H,67,80)(H,68,81)(H,69,76)(H,70,77)(H,72,82)/t37?,38-,40-,42-,51-,59-/m0/s1. The number of fused-ring (bicyclic) bond motifs is 5. The van der Waals surface area contributed by atoms with Gasteiger partial charge in [-0.15, -0.1) is 0 Å². The molecule has 0 fully saturated rings. The average molecular weight is 1250 g/mol. The van der Waals surface area contributed by atoms with Gasteiger partial charge in [-0.1, -0.05) is 37.3 Å². The van der Waals surface area contributed by atoms with Gasteiger partial charge in [-0.2, -0.15) is 13.2 Å². The Kier molecular flexibility index (Phi) is 20.4. The molecule has 29 heteroatoms. The minimum Gasteiger partial charge on any atom is -0.458 e. The number of allylic oxidation sites excluding steroid dienone is 2. The summed E-state index contributed by atoms with van der Waals surface area (Å²) in [6, 6.07) is 5.80. The zero-order chi connectivity index (χ0) is 64.9. The van der Waals surface area contributed by atoms with E-state index in [1.807, 2.05) is 27.7 Å². The number of halogens is 4. The lowest BCUT2D eigenvalue weighted by Crippen LogP contribution is -2.56. The summed E-state index contributed by atoms with van der Waals surface area (Å²) in [5, 5.41) is 28.4. The minimum absolute atomic E-state index is 0.00640. The summed E-state index contributed by atoms with van der Waals surface area (Å²) in [5.41, 5.74) is -0.774. The van der Waals surface area contributed by atoms with Crippen LogP contribution in [0.1, 0.15) is 112 Å². The molecule has 3 aromatic rings. The van der Waals surface area contributed by atoms with Crippen molar-refractivity contribution in [3.05, 3.63) is 104 Å². The maximum absolute atomic E-state index is 15.6. The average Bonchev–Trinajstić information content (AvgIpc) is 1.66. The third-order valence-electron chi connectivity index (χ3n) is 16.3. The first-order valence-electron chi connectivity index (χ1n) is 28.9. The summed E-state index contributed by atoms with van der Waals surface area (Å²) in [6.45, 7) is 6.95. The number of cyclic esters (lactones) is 1. The van der Waals surface area contributed by atoms with Gasteiger partial charge < -0.3 is 65.8 Å². The molecule has 1 unspecified atom stereocenters. The van der Waals surface area contributed by atoms with Crippen molar-refractivity contribution in [2.24, 2.45) is 0 Å².